The number of hydrogen-bond donors (Lipinski definition) is 1. The molecule has 0 bridgehead atoms. The summed E-state index contributed by atoms with van der Waals surface area (Å²) in [5, 5.41) is 3.57. The fourth-order valence-corrected chi connectivity index (χ4v) is 4.86. The van der Waals surface area contributed by atoms with Gasteiger partial charge in [0, 0.05) is 9.90 Å². The summed E-state index contributed by atoms with van der Waals surface area (Å²) in [5.74, 6) is -1.07. The van der Waals surface area contributed by atoms with Crippen LogP contribution in [0.15, 0.2) is 24.3 Å². The van der Waals surface area contributed by atoms with E-state index in [1.807, 2.05) is 0 Å². The summed E-state index contributed by atoms with van der Waals surface area (Å²) in [6.45, 7) is 3.70. The van der Waals surface area contributed by atoms with E-state index in [1.165, 1.54) is 17.4 Å². The van der Waals surface area contributed by atoms with E-state index in [4.69, 9.17) is 21.1 Å². The lowest BCUT2D eigenvalue weighted by atomic mass is 9.88. The third-order valence-corrected chi connectivity index (χ3v) is 6.04. The first-order chi connectivity index (χ1) is 13.9. The number of nitrogens with one attached hydrogen (secondary N) is 1. The molecule has 0 spiro atoms. The van der Waals surface area contributed by atoms with Crippen LogP contribution in [-0.4, -0.2) is 31.1 Å². The fourth-order valence-electron chi connectivity index (χ4n) is 3.25. The lowest BCUT2D eigenvalue weighted by molar-refractivity contribution is -0.119. The Morgan fingerprint density at radius 2 is 2.03 bits per heavy atom. The van der Waals surface area contributed by atoms with Gasteiger partial charge in [-0.15, -0.1) is 11.3 Å². The summed E-state index contributed by atoms with van der Waals surface area (Å²) in [5.41, 5.74) is 1.64. The van der Waals surface area contributed by atoms with Crippen LogP contribution in [0.2, 0.25) is 5.02 Å². The van der Waals surface area contributed by atoms with E-state index in [9.17, 15) is 14.4 Å². The molecule has 1 unspecified atom stereocenters. The molecule has 0 aliphatic heterocycles. The van der Waals surface area contributed by atoms with E-state index in [0.717, 1.165) is 29.7 Å². The van der Waals surface area contributed by atoms with Crippen LogP contribution < -0.4 is 5.32 Å². The number of carbonyl (C=O) groups excluding carboxylic acids is 3. The second kappa shape index (κ2) is 9.41. The van der Waals surface area contributed by atoms with Crippen molar-refractivity contribution in [1.29, 1.82) is 0 Å². The zero-order valence-corrected chi connectivity index (χ0v) is 17.8. The molecule has 1 N–H and O–H groups in total. The van der Waals surface area contributed by atoms with Crippen molar-refractivity contribution in [2.24, 2.45) is 5.92 Å². The minimum absolute atomic E-state index is 0.254. The van der Waals surface area contributed by atoms with Gasteiger partial charge in [0.15, 0.2) is 6.61 Å². The monoisotopic (exact) mass is 435 g/mol. The van der Waals surface area contributed by atoms with Gasteiger partial charge in [0.1, 0.15) is 5.00 Å². The molecule has 8 heteroatoms. The number of thiophene rings is 1. The first-order valence-electron chi connectivity index (χ1n) is 9.43. The van der Waals surface area contributed by atoms with Gasteiger partial charge in [-0.05, 0) is 55.9 Å². The predicted molar refractivity (Wildman–Crippen MR) is 112 cm³/mol. The summed E-state index contributed by atoms with van der Waals surface area (Å²) in [6.07, 6.45) is 2.63. The SMILES string of the molecule is CCOC(=O)c1c(NC(=O)COC(=O)c2cccc(Cl)c2)sc2c1CCC(C)C2. The lowest BCUT2D eigenvalue weighted by Crippen LogP contribution is -2.22. The Kier molecular flexibility index (Phi) is 6.92. The molecule has 1 aromatic carbocycles. The molecule has 1 atom stereocenters. The largest absolute Gasteiger partial charge is 0.462 e. The second-order valence-electron chi connectivity index (χ2n) is 6.91. The normalized spacial score (nSPS) is 15.3. The van der Waals surface area contributed by atoms with Crippen molar-refractivity contribution in [3.05, 3.63) is 50.9 Å². The van der Waals surface area contributed by atoms with Crippen molar-refractivity contribution >= 4 is 45.8 Å². The van der Waals surface area contributed by atoms with Crippen LogP contribution in [-0.2, 0) is 27.1 Å². The number of ether oxygens (including phenoxy) is 2. The van der Waals surface area contributed by atoms with Gasteiger partial charge >= 0.3 is 11.9 Å². The summed E-state index contributed by atoms with van der Waals surface area (Å²) < 4.78 is 10.3. The molecule has 154 valence electrons. The molecule has 1 amide bonds. The van der Waals surface area contributed by atoms with Gasteiger partial charge in [-0.1, -0.05) is 24.6 Å². The molecule has 0 fully saturated rings. The van der Waals surface area contributed by atoms with Gasteiger partial charge in [-0.2, -0.15) is 0 Å². The molecule has 0 saturated heterocycles. The Balaban J connectivity index is 1.71. The highest BCUT2D eigenvalue weighted by Crippen LogP contribution is 2.40. The molecule has 1 heterocycles. The summed E-state index contributed by atoms with van der Waals surface area (Å²) >= 11 is 7.25. The molecular weight excluding hydrogens is 414 g/mol. The maximum absolute atomic E-state index is 12.5. The predicted octanol–water partition coefficient (Wildman–Crippen LogP) is 4.50. The van der Waals surface area contributed by atoms with Crippen molar-refractivity contribution in [3.8, 4) is 0 Å². The maximum atomic E-state index is 12.5. The third-order valence-electron chi connectivity index (χ3n) is 4.64. The molecule has 3 rings (SSSR count). The standard InChI is InChI=1S/C21H22ClNO5S/c1-3-27-21(26)18-15-8-7-12(2)9-16(15)29-19(18)23-17(24)11-28-20(25)13-5-4-6-14(22)10-13/h4-6,10,12H,3,7-9,11H2,1-2H3,(H,23,24). The van der Waals surface area contributed by atoms with Crippen molar-refractivity contribution < 1.29 is 23.9 Å². The zero-order valence-electron chi connectivity index (χ0n) is 16.2. The van der Waals surface area contributed by atoms with E-state index >= 15 is 0 Å². The Bertz CT molecular complexity index is 939. The minimum Gasteiger partial charge on any atom is -0.462 e. The molecule has 1 aromatic heterocycles. The van der Waals surface area contributed by atoms with Crippen LogP contribution in [0.3, 0.4) is 0 Å². The number of halogens is 1. The number of esters is 2. The topological polar surface area (TPSA) is 81.7 Å². The van der Waals surface area contributed by atoms with Crippen molar-refractivity contribution in [2.75, 3.05) is 18.5 Å². The quantitative estimate of drug-likeness (QED) is 0.675. The van der Waals surface area contributed by atoms with E-state index in [-0.39, 0.29) is 12.2 Å². The first-order valence-corrected chi connectivity index (χ1v) is 10.6. The number of amides is 1. The molecule has 0 saturated carbocycles. The van der Waals surface area contributed by atoms with Crippen LogP contribution in [0.25, 0.3) is 0 Å². The average molecular weight is 436 g/mol. The van der Waals surface area contributed by atoms with Crippen molar-refractivity contribution in [1.82, 2.24) is 0 Å². The number of anilines is 1. The van der Waals surface area contributed by atoms with Gasteiger partial charge in [-0.25, -0.2) is 9.59 Å². The van der Waals surface area contributed by atoms with Crippen LogP contribution in [0, 0.1) is 5.92 Å². The van der Waals surface area contributed by atoms with Crippen LogP contribution in [0.5, 0.6) is 0 Å². The van der Waals surface area contributed by atoms with Gasteiger partial charge in [0.05, 0.1) is 17.7 Å². The van der Waals surface area contributed by atoms with Crippen molar-refractivity contribution in [2.45, 2.75) is 33.1 Å². The molecule has 0 radical (unpaired) electrons. The number of carbonyl (C=O) groups is 3. The molecule has 2 aromatic rings. The molecule has 6 nitrogen and oxygen atoms in total. The van der Waals surface area contributed by atoms with Crippen LogP contribution in [0.1, 0.15) is 51.4 Å². The average Bonchev–Trinajstić information content (AvgIpc) is 3.03. The Hall–Kier alpha value is -2.38. The lowest BCUT2D eigenvalue weighted by Gasteiger charge is -2.18. The summed E-state index contributed by atoms with van der Waals surface area (Å²) in [7, 11) is 0. The molecule has 1 aliphatic carbocycles. The van der Waals surface area contributed by atoms with E-state index in [0.29, 0.717) is 21.5 Å². The molecule has 29 heavy (non-hydrogen) atoms. The minimum atomic E-state index is -0.646. The number of hydrogen-bond acceptors (Lipinski definition) is 6. The van der Waals surface area contributed by atoms with E-state index in [2.05, 4.69) is 12.2 Å². The number of rotatable bonds is 6. The third kappa shape index (κ3) is 5.16. The highest BCUT2D eigenvalue weighted by molar-refractivity contribution is 7.17. The van der Waals surface area contributed by atoms with Gasteiger partial charge < -0.3 is 14.8 Å². The molecule has 1 aliphatic rings. The molecular formula is C21H22ClNO5S. The highest BCUT2D eigenvalue weighted by Gasteiger charge is 2.29. The Morgan fingerprint density at radius 3 is 2.76 bits per heavy atom. The smallest absolute Gasteiger partial charge is 0.341 e. The zero-order chi connectivity index (χ0) is 21.0. The van der Waals surface area contributed by atoms with Gasteiger partial charge in [-0.3, -0.25) is 4.79 Å². The summed E-state index contributed by atoms with van der Waals surface area (Å²) in [6, 6.07) is 6.29. The van der Waals surface area contributed by atoms with E-state index < -0.39 is 24.5 Å². The van der Waals surface area contributed by atoms with Crippen LogP contribution in [0.4, 0.5) is 5.00 Å². The maximum Gasteiger partial charge on any atom is 0.341 e. The first kappa shape index (κ1) is 21.3. The highest BCUT2D eigenvalue weighted by atomic mass is 35.5. The van der Waals surface area contributed by atoms with E-state index in [1.54, 1.807) is 25.1 Å². The Morgan fingerprint density at radius 1 is 1.24 bits per heavy atom. The number of fused-ring (bicyclic) bond motifs is 1. The fraction of sp³-hybridized carbons (Fsp3) is 0.381. The Labute approximate surface area is 178 Å². The van der Waals surface area contributed by atoms with Gasteiger partial charge in [0.25, 0.3) is 5.91 Å². The van der Waals surface area contributed by atoms with Crippen molar-refractivity contribution in [3.63, 3.8) is 0 Å². The summed E-state index contributed by atoms with van der Waals surface area (Å²) in [4.78, 5) is 38.0. The number of benzene rings is 1. The van der Waals surface area contributed by atoms with Gasteiger partial charge in [0.2, 0.25) is 0 Å². The van der Waals surface area contributed by atoms with Crippen LogP contribution >= 0.6 is 22.9 Å². The second-order valence-corrected chi connectivity index (χ2v) is 8.45.